The second-order valence-corrected chi connectivity index (χ2v) is 6.00. The van der Waals surface area contributed by atoms with Crippen molar-refractivity contribution in [1.82, 2.24) is 0 Å². The van der Waals surface area contributed by atoms with Crippen LogP contribution in [0.2, 0.25) is 0 Å². The Hall–Kier alpha value is -3.46. The molecule has 0 fully saturated rings. The molecule has 0 atom stereocenters. The van der Waals surface area contributed by atoms with E-state index < -0.39 is 0 Å². The third-order valence-corrected chi connectivity index (χ3v) is 4.26. The topological polar surface area (TPSA) is 30.5 Å². The van der Waals surface area contributed by atoms with Gasteiger partial charge in [-0.3, -0.25) is 0 Å². The quantitative estimate of drug-likeness (QED) is 0.403. The summed E-state index contributed by atoms with van der Waals surface area (Å²) < 4.78 is 12.1. The SMILES string of the molecule is c1ccc(Nc2ccc3c(c2)Oc2cc4ccccc4cc2O3)cc1. The minimum Gasteiger partial charge on any atom is -0.449 e. The van der Waals surface area contributed by atoms with Crippen LogP contribution in [0, 0.1) is 0 Å². The van der Waals surface area contributed by atoms with E-state index in [0.717, 1.165) is 39.4 Å². The van der Waals surface area contributed by atoms with Crippen molar-refractivity contribution in [3.05, 3.63) is 84.9 Å². The number of benzene rings is 4. The van der Waals surface area contributed by atoms with Gasteiger partial charge in [-0.2, -0.15) is 0 Å². The normalized spacial score (nSPS) is 11.8. The van der Waals surface area contributed by atoms with Gasteiger partial charge in [0.15, 0.2) is 23.0 Å². The maximum atomic E-state index is 6.10. The van der Waals surface area contributed by atoms with Crippen LogP contribution in [0.4, 0.5) is 11.4 Å². The minimum absolute atomic E-state index is 0.712. The van der Waals surface area contributed by atoms with Gasteiger partial charge in [-0.25, -0.2) is 0 Å². The van der Waals surface area contributed by atoms with Crippen LogP contribution in [0.3, 0.4) is 0 Å². The Morgan fingerprint density at radius 3 is 1.80 bits per heavy atom. The van der Waals surface area contributed by atoms with E-state index in [4.69, 9.17) is 9.47 Å². The van der Waals surface area contributed by atoms with Crippen LogP contribution in [-0.4, -0.2) is 0 Å². The van der Waals surface area contributed by atoms with Crippen molar-refractivity contribution in [2.24, 2.45) is 0 Å². The lowest BCUT2D eigenvalue weighted by molar-refractivity contribution is 0.360. The summed E-state index contributed by atoms with van der Waals surface area (Å²) >= 11 is 0. The molecule has 0 bridgehead atoms. The fourth-order valence-electron chi connectivity index (χ4n) is 3.03. The van der Waals surface area contributed by atoms with Gasteiger partial charge in [0, 0.05) is 17.4 Å². The van der Waals surface area contributed by atoms with Crippen molar-refractivity contribution in [2.75, 3.05) is 5.32 Å². The summed E-state index contributed by atoms with van der Waals surface area (Å²) in [5.74, 6) is 2.92. The molecule has 1 heterocycles. The Labute approximate surface area is 145 Å². The first-order chi connectivity index (χ1) is 12.3. The van der Waals surface area contributed by atoms with Crippen molar-refractivity contribution in [2.45, 2.75) is 0 Å². The predicted octanol–water partition coefficient (Wildman–Crippen LogP) is 6.48. The van der Waals surface area contributed by atoms with Crippen LogP contribution in [0.25, 0.3) is 10.8 Å². The Morgan fingerprint density at radius 1 is 0.480 bits per heavy atom. The Kier molecular flexibility index (Phi) is 3.10. The number of ether oxygens (including phenoxy) is 2. The molecule has 1 aliphatic rings. The van der Waals surface area contributed by atoms with Crippen LogP contribution in [0.15, 0.2) is 84.9 Å². The molecule has 0 amide bonds. The lowest BCUT2D eigenvalue weighted by Gasteiger charge is -2.22. The standard InChI is InChI=1S/C22H15NO2/c1-2-8-17(9-3-1)23-18-10-11-19-22(14-18)25-21-13-16-7-5-4-6-15(16)12-20(21)24-19/h1-14,23H. The van der Waals surface area contributed by atoms with Gasteiger partial charge < -0.3 is 14.8 Å². The number of anilines is 2. The van der Waals surface area contributed by atoms with Crippen molar-refractivity contribution in [1.29, 1.82) is 0 Å². The highest BCUT2D eigenvalue weighted by Crippen LogP contribution is 2.47. The zero-order chi connectivity index (χ0) is 16.6. The zero-order valence-electron chi connectivity index (χ0n) is 13.4. The molecular weight excluding hydrogens is 310 g/mol. The van der Waals surface area contributed by atoms with E-state index in [-0.39, 0.29) is 0 Å². The Morgan fingerprint density at radius 2 is 1.08 bits per heavy atom. The van der Waals surface area contributed by atoms with Crippen molar-refractivity contribution in [3.63, 3.8) is 0 Å². The Bertz CT molecular complexity index is 1070. The second kappa shape index (κ2) is 5.56. The highest BCUT2D eigenvalue weighted by Gasteiger charge is 2.19. The van der Waals surface area contributed by atoms with E-state index in [2.05, 4.69) is 17.4 Å². The molecule has 0 spiro atoms. The molecule has 3 heteroatoms. The molecule has 1 aliphatic heterocycles. The highest BCUT2D eigenvalue weighted by atomic mass is 16.6. The number of rotatable bonds is 2. The van der Waals surface area contributed by atoms with Crippen LogP contribution in [0.5, 0.6) is 23.0 Å². The first kappa shape index (κ1) is 13.9. The molecule has 120 valence electrons. The summed E-state index contributed by atoms with van der Waals surface area (Å²) in [5, 5.41) is 5.64. The molecular formula is C22H15NO2. The summed E-state index contributed by atoms with van der Waals surface area (Å²) in [6.07, 6.45) is 0. The summed E-state index contributed by atoms with van der Waals surface area (Å²) in [4.78, 5) is 0. The third kappa shape index (κ3) is 2.56. The minimum atomic E-state index is 0.712. The van der Waals surface area contributed by atoms with Gasteiger partial charge in [0.2, 0.25) is 0 Å². The maximum absolute atomic E-state index is 6.10. The molecule has 4 aromatic rings. The molecule has 0 aliphatic carbocycles. The first-order valence-corrected chi connectivity index (χ1v) is 8.20. The number of nitrogens with one attached hydrogen (secondary N) is 1. The second-order valence-electron chi connectivity index (χ2n) is 6.00. The summed E-state index contributed by atoms with van der Waals surface area (Å²) in [6, 6.07) is 28.1. The average Bonchev–Trinajstić information content (AvgIpc) is 2.65. The van der Waals surface area contributed by atoms with E-state index in [1.165, 1.54) is 0 Å². The average molecular weight is 325 g/mol. The molecule has 0 unspecified atom stereocenters. The number of fused-ring (bicyclic) bond motifs is 3. The number of hydrogen-bond acceptors (Lipinski definition) is 3. The fourth-order valence-corrected chi connectivity index (χ4v) is 3.03. The van der Waals surface area contributed by atoms with Crippen LogP contribution in [0.1, 0.15) is 0 Å². The summed E-state index contributed by atoms with van der Waals surface area (Å²) in [6.45, 7) is 0. The lowest BCUT2D eigenvalue weighted by Crippen LogP contribution is -2.00. The predicted molar refractivity (Wildman–Crippen MR) is 100 cm³/mol. The Balaban J connectivity index is 1.50. The van der Waals surface area contributed by atoms with Gasteiger partial charge in [0.1, 0.15) is 0 Å². The zero-order valence-corrected chi connectivity index (χ0v) is 13.4. The fraction of sp³-hybridized carbons (Fsp3) is 0. The molecule has 0 radical (unpaired) electrons. The first-order valence-electron chi connectivity index (χ1n) is 8.20. The molecule has 0 aromatic heterocycles. The van der Waals surface area contributed by atoms with Gasteiger partial charge in [-0.15, -0.1) is 0 Å². The summed E-state index contributed by atoms with van der Waals surface area (Å²) in [7, 11) is 0. The smallest absolute Gasteiger partial charge is 0.172 e. The van der Waals surface area contributed by atoms with Crippen LogP contribution < -0.4 is 14.8 Å². The molecule has 0 saturated heterocycles. The third-order valence-electron chi connectivity index (χ3n) is 4.26. The number of hydrogen-bond donors (Lipinski definition) is 1. The van der Waals surface area contributed by atoms with Gasteiger partial charge in [0.05, 0.1) is 0 Å². The van der Waals surface area contributed by atoms with Crippen LogP contribution >= 0.6 is 0 Å². The van der Waals surface area contributed by atoms with E-state index in [1.807, 2.05) is 72.8 Å². The van der Waals surface area contributed by atoms with Gasteiger partial charge >= 0.3 is 0 Å². The van der Waals surface area contributed by atoms with E-state index >= 15 is 0 Å². The molecule has 25 heavy (non-hydrogen) atoms. The lowest BCUT2D eigenvalue weighted by atomic mass is 10.1. The molecule has 4 aromatic carbocycles. The maximum Gasteiger partial charge on any atom is 0.172 e. The molecule has 0 saturated carbocycles. The highest BCUT2D eigenvalue weighted by molar-refractivity contribution is 5.86. The molecule has 5 rings (SSSR count). The van der Waals surface area contributed by atoms with Gasteiger partial charge in [0.25, 0.3) is 0 Å². The summed E-state index contributed by atoms with van der Waals surface area (Å²) in [5.41, 5.74) is 1.99. The molecule has 3 nitrogen and oxygen atoms in total. The van der Waals surface area contributed by atoms with Crippen molar-refractivity contribution >= 4 is 22.1 Å². The van der Waals surface area contributed by atoms with Crippen LogP contribution in [-0.2, 0) is 0 Å². The largest absolute Gasteiger partial charge is 0.449 e. The number of para-hydroxylation sites is 1. The molecule has 1 N–H and O–H groups in total. The van der Waals surface area contributed by atoms with E-state index in [1.54, 1.807) is 0 Å². The van der Waals surface area contributed by atoms with Gasteiger partial charge in [-0.05, 0) is 47.2 Å². The van der Waals surface area contributed by atoms with Gasteiger partial charge in [-0.1, -0.05) is 42.5 Å². The van der Waals surface area contributed by atoms with E-state index in [0.29, 0.717) is 5.75 Å². The van der Waals surface area contributed by atoms with Crippen molar-refractivity contribution in [3.8, 4) is 23.0 Å². The monoisotopic (exact) mass is 325 g/mol. The van der Waals surface area contributed by atoms with E-state index in [9.17, 15) is 0 Å². The van der Waals surface area contributed by atoms with Crippen molar-refractivity contribution < 1.29 is 9.47 Å².